The van der Waals surface area contributed by atoms with Crippen molar-refractivity contribution in [1.82, 2.24) is 56.4 Å². The van der Waals surface area contributed by atoms with Crippen molar-refractivity contribution in [3.8, 4) is 0 Å². The first kappa shape index (κ1) is 74.8. The SMILES string of the molecule is CC[C@H](C)[C@H]1CN[C@@H](CC(C)C)C(C)NCC2[C@@H](C(=O)N3CCCCC3)C(C)N2[C@@H](CCC(C)C)C(C)NC2(CCCC2)CNCCNC=CC(CCc2ccc(C(F)(F)F)c(Cl)c2)=NC=CN(C)C=C(CC2CCCCC2)N(C)C=C2CCCN2[C@@H](C)C(C)N1. The second-order valence-electron chi connectivity index (χ2n) is 29.9. The van der Waals surface area contributed by atoms with Crippen molar-refractivity contribution in [2.24, 2.45) is 34.6 Å². The Morgan fingerprint density at radius 3 is 2.22 bits per heavy atom. The third-order valence-electron chi connectivity index (χ3n) is 21.9. The van der Waals surface area contributed by atoms with Crippen LogP contribution in [0.3, 0.4) is 0 Å². The molecule has 7 rings (SSSR count). The van der Waals surface area contributed by atoms with E-state index >= 15 is 0 Å². The molecule has 4 heterocycles. The Morgan fingerprint density at radius 1 is 0.813 bits per heavy atom. The molecule has 5 fully saturated rings. The van der Waals surface area contributed by atoms with Crippen LogP contribution in [0, 0.1) is 29.6 Å². The maximum absolute atomic E-state index is 14.9. The van der Waals surface area contributed by atoms with E-state index < -0.39 is 11.7 Å². The number of carbonyl (C=O) groups excluding carboxylic acids is 1. The number of likely N-dealkylation sites (tertiary alicyclic amines) is 1. The van der Waals surface area contributed by atoms with E-state index in [0.29, 0.717) is 49.0 Å². The lowest BCUT2D eigenvalue weighted by Crippen LogP contribution is -2.75. The van der Waals surface area contributed by atoms with E-state index in [1.54, 1.807) is 0 Å². The number of allylic oxidation sites excluding steroid dienone is 3. The van der Waals surface area contributed by atoms with Gasteiger partial charge in [-0.1, -0.05) is 111 Å². The Bertz CT molecular complexity index is 2500. The smallest absolute Gasteiger partial charge is 0.390 e. The van der Waals surface area contributed by atoms with Crippen molar-refractivity contribution in [3.63, 3.8) is 0 Å². The molecule has 2 aliphatic carbocycles. The van der Waals surface area contributed by atoms with Crippen LogP contribution in [0.1, 0.15) is 216 Å². The summed E-state index contributed by atoms with van der Waals surface area (Å²) in [5.41, 5.74) is 3.33. The van der Waals surface area contributed by atoms with Crippen molar-refractivity contribution in [2.75, 3.05) is 66.5 Å². The van der Waals surface area contributed by atoms with Gasteiger partial charge in [-0.15, -0.1) is 0 Å². The molecule has 6 N–H and O–H groups in total. The molecule has 6 aliphatic rings. The molecule has 0 bridgehead atoms. The number of benzene rings is 1. The first-order valence-corrected chi connectivity index (χ1v) is 36.7. The molecule has 1 aromatic carbocycles. The van der Waals surface area contributed by atoms with E-state index in [0.717, 1.165) is 134 Å². The molecule has 0 aromatic heterocycles. The number of nitrogens with zero attached hydrogens (tertiary/aromatic N) is 6. The van der Waals surface area contributed by atoms with E-state index in [9.17, 15) is 18.0 Å². The van der Waals surface area contributed by atoms with Crippen molar-refractivity contribution >= 4 is 23.2 Å². The van der Waals surface area contributed by atoms with Gasteiger partial charge in [0.25, 0.3) is 0 Å². The van der Waals surface area contributed by atoms with Gasteiger partial charge in [-0.3, -0.25) is 14.7 Å². The van der Waals surface area contributed by atoms with Crippen molar-refractivity contribution in [1.29, 1.82) is 0 Å². The number of fused-ring (bicyclic) bond motifs is 2. The zero-order chi connectivity index (χ0) is 65.8. The monoisotopic (exact) mass is 1290 g/mol. The number of aryl methyl sites for hydroxylation is 1. The highest BCUT2D eigenvalue weighted by molar-refractivity contribution is 6.31. The van der Waals surface area contributed by atoms with Gasteiger partial charge >= 0.3 is 6.18 Å². The summed E-state index contributed by atoms with van der Waals surface area (Å²) in [6.45, 7) is 33.0. The Labute approximate surface area is 555 Å². The predicted octanol–water partition coefficient (Wildman–Crippen LogP) is 14.1. The second-order valence-corrected chi connectivity index (χ2v) is 30.3. The van der Waals surface area contributed by atoms with Gasteiger partial charge in [0.05, 0.1) is 16.5 Å². The Hall–Kier alpha value is -3.64. The molecular formula is C74H126ClF3N12O. The lowest BCUT2D eigenvalue weighted by molar-refractivity contribution is -0.160. The number of alkyl halides is 3. The fraction of sp³-hybridized carbons (Fsp3) is 0.784. The second kappa shape index (κ2) is 36.5. The molecule has 0 radical (unpaired) electrons. The maximum atomic E-state index is 14.9. The van der Waals surface area contributed by atoms with E-state index in [2.05, 4.69) is 159 Å². The largest absolute Gasteiger partial charge is 0.417 e. The Kier molecular flexibility index (Phi) is 30.0. The molecule has 91 heavy (non-hydrogen) atoms. The number of nitrogens with one attached hydrogen (secondary N) is 6. The third kappa shape index (κ3) is 22.2. The van der Waals surface area contributed by atoms with Crippen molar-refractivity contribution < 1.29 is 18.0 Å². The molecule has 1 spiro atoms. The molecule has 1 aromatic rings. The quantitative estimate of drug-likeness (QED) is 0.113. The van der Waals surface area contributed by atoms with Crippen LogP contribution in [0.2, 0.25) is 5.02 Å². The number of rotatable bonds is 13. The summed E-state index contributed by atoms with van der Waals surface area (Å²) in [7, 11) is 4.31. The van der Waals surface area contributed by atoms with Gasteiger partial charge < -0.3 is 51.5 Å². The summed E-state index contributed by atoms with van der Waals surface area (Å²) in [5.74, 6) is 2.51. The number of amides is 1. The lowest BCUT2D eigenvalue weighted by atomic mass is 9.75. The number of aliphatic imine (C=N–C) groups is 1. The number of hydrogen-bond acceptors (Lipinski definition) is 12. The summed E-state index contributed by atoms with van der Waals surface area (Å²) in [6, 6.07) is 6.03. The van der Waals surface area contributed by atoms with Gasteiger partial charge in [0.2, 0.25) is 5.91 Å². The first-order chi connectivity index (χ1) is 43.5. The van der Waals surface area contributed by atoms with Gasteiger partial charge in [-0.05, 0) is 172 Å². The Morgan fingerprint density at radius 2 is 1.54 bits per heavy atom. The van der Waals surface area contributed by atoms with Crippen molar-refractivity contribution in [2.45, 2.75) is 277 Å². The van der Waals surface area contributed by atoms with Gasteiger partial charge in [0, 0.05) is 168 Å². The van der Waals surface area contributed by atoms with E-state index in [1.807, 2.05) is 24.7 Å². The normalized spacial score (nSPS) is 29.7. The van der Waals surface area contributed by atoms with Crippen LogP contribution in [0.5, 0.6) is 0 Å². The van der Waals surface area contributed by atoms with Gasteiger partial charge in [-0.2, -0.15) is 13.2 Å². The molecule has 1 amide bonds. The molecule has 516 valence electrons. The number of carbonyl (C=O) groups is 1. The van der Waals surface area contributed by atoms with Crippen LogP contribution in [-0.4, -0.2) is 162 Å². The summed E-state index contributed by atoms with van der Waals surface area (Å²) >= 11 is 6.21. The molecule has 3 saturated heterocycles. The summed E-state index contributed by atoms with van der Waals surface area (Å²) in [6.07, 6.45) is 30.9. The van der Waals surface area contributed by atoms with Crippen LogP contribution >= 0.6 is 11.6 Å². The molecule has 11 atom stereocenters. The topological polar surface area (TPSA) is 118 Å². The number of piperidine rings is 1. The van der Waals surface area contributed by atoms with Crippen LogP contribution < -0.4 is 31.9 Å². The molecule has 4 aliphatic heterocycles. The van der Waals surface area contributed by atoms with Crippen LogP contribution in [0.25, 0.3) is 0 Å². The minimum atomic E-state index is -4.52. The molecular weight excluding hydrogens is 1170 g/mol. The highest BCUT2D eigenvalue weighted by atomic mass is 35.5. The van der Waals surface area contributed by atoms with Crippen LogP contribution in [0.4, 0.5) is 13.2 Å². The summed E-state index contributed by atoms with van der Waals surface area (Å²) < 4.78 is 41.1. The van der Waals surface area contributed by atoms with E-state index in [-0.39, 0.29) is 70.9 Å². The van der Waals surface area contributed by atoms with Gasteiger partial charge in [0.15, 0.2) is 0 Å². The number of halogens is 4. The van der Waals surface area contributed by atoms with Crippen LogP contribution in [0.15, 0.2) is 71.7 Å². The molecule has 13 nitrogen and oxygen atoms in total. The maximum Gasteiger partial charge on any atom is 0.417 e. The minimum Gasteiger partial charge on any atom is -0.390 e. The fourth-order valence-corrected chi connectivity index (χ4v) is 16.2. The zero-order valence-corrected chi connectivity index (χ0v) is 59.6. The standard InChI is InChI=1S/C74H126ClF3N12O/c1-14-54(6)68-47-83-67(44-53(4)5)56(8)82-48-70-71(72(91)88-40-21-16-22-41-88)59(11)90(70)69(32-27-52(2)3)57(9)85-73(34-19-20-35-73)51-80-38-37-79-36-33-62(30-28-61-29-31-65(66(75)46-61)74(76,77)78)81-39-43-86(12)49-64(45-60-24-17-15-18-25-60)87(13)50-63-26-23-42-89(63)58(10)55(7)84-68/h29,31,33,36,39,43,46,49-50,52-60,67-71,79-80,82-85H,14-28,30,32,34-35,37-38,40-42,44-45,47-48,51H2,1-13H3/t54-,55?,56?,57?,58-,59?,67-,68+,69-,70?,71-/m0/s1. The lowest BCUT2D eigenvalue weighted by Gasteiger charge is -2.59. The van der Waals surface area contributed by atoms with Gasteiger partial charge in [0.1, 0.15) is 0 Å². The number of hydrogen-bond donors (Lipinski definition) is 6. The average Bonchev–Trinajstić information content (AvgIpc) is 1.46. The predicted molar refractivity (Wildman–Crippen MR) is 375 cm³/mol. The average molecular weight is 1290 g/mol. The fourth-order valence-electron chi connectivity index (χ4n) is 15.9. The van der Waals surface area contributed by atoms with E-state index in [4.69, 9.17) is 16.6 Å². The highest BCUT2D eigenvalue weighted by Gasteiger charge is 2.54. The third-order valence-corrected chi connectivity index (χ3v) is 22.2. The first-order valence-electron chi connectivity index (χ1n) is 36.4. The van der Waals surface area contributed by atoms with Crippen LogP contribution in [-0.2, 0) is 17.4 Å². The molecule has 5 unspecified atom stereocenters. The Balaban J connectivity index is 1.20. The molecule has 2 saturated carbocycles. The molecule has 17 heteroatoms. The minimum absolute atomic E-state index is 0.0369. The summed E-state index contributed by atoms with van der Waals surface area (Å²) in [5, 5.41) is 24.1. The van der Waals surface area contributed by atoms with E-state index in [1.165, 1.54) is 74.9 Å². The van der Waals surface area contributed by atoms with Gasteiger partial charge in [-0.25, -0.2) is 0 Å². The highest BCUT2D eigenvalue weighted by Crippen LogP contribution is 2.41. The van der Waals surface area contributed by atoms with Crippen molar-refractivity contribution in [3.05, 3.63) is 82.8 Å². The zero-order valence-electron chi connectivity index (χ0n) is 58.9. The summed E-state index contributed by atoms with van der Waals surface area (Å²) in [4.78, 5) is 32.1.